The van der Waals surface area contributed by atoms with E-state index in [-0.39, 0.29) is 24.2 Å². The van der Waals surface area contributed by atoms with Gasteiger partial charge in [-0.3, -0.25) is 9.59 Å². The van der Waals surface area contributed by atoms with Crippen molar-refractivity contribution in [2.24, 2.45) is 0 Å². The predicted molar refractivity (Wildman–Crippen MR) is 87.2 cm³/mol. The minimum atomic E-state index is -0.236. The first-order valence-electron chi connectivity index (χ1n) is 6.59. The van der Waals surface area contributed by atoms with Gasteiger partial charge in [-0.2, -0.15) is 0 Å². The molecule has 0 aliphatic rings. The normalized spacial score (nSPS) is 9.62. The van der Waals surface area contributed by atoms with Gasteiger partial charge in [-0.25, -0.2) is 0 Å². The van der Waals surface area contributed by atoms with Crippen molar-refractivity contribution in [3.8, 4) is 0 Å². The monoisotopic (exact) mass is 333 g/mol. The van der Waals surface area contributed by atoms with Crippen LogP contribution in [0.2, 0.25) is 5.02 Å². The molecule has 0 spiro atoms. The van der Waals surface area contributed by atoms with Crippen molar-refractivity contribution < 1.29 is 9.59 Å². The van der Waals surface area contributed by atoms with Crippen LogP contribution >= 0.6 is 24.0 Å². The summed E-state index contributed by atoms with van der Waals surface area (Å²) in [4.78, 5) is 23.2. The lowest BCUT2D eigenvalue weighted by molar-refractivity contribution is -0.121. The SMILES string of the molecule is CNCCCC(=O)NCCNC(=O)c1ccccc1Cl.Cl. The molecule has 118 valence electrons. The van der Waals surface area contributed by atoms with Crippen LogP contribution in [0, 0.1) is 0 Å². The van der Waals surface area contributed by atoms with Crippen LogP contribution in [0.25, 0.3) is 0 Å². The molecule has 1 aromatic carbocycles. The zero-order valence-electron chi connectivity index (χ0n) is 11.9. The van der Waals surface area contributed by atoms with E-state index in [0.29, 0.717) is 30.1 Å². The van der Waals surface area contributed by atoms with Gasteiger partial charge in [0.1, 0.15) is 0 Å². The summed E-state index contributed by atoms with van der Waals surface area (Å²) in [5, 5.41) is 8.86. The molecule has 0 aliphatic carbocycles. The molecule has 1 rings (SSSR count). The van der Waals surface area contributed by atoms with E-state index in [4.69, 9.17) is 11.6 Å². The summed E-state index contributed by atoms with van der Waals surface area (Å²) in [6.07, 6.45) is 1.29. The third-order valence-corrected chi connectivity index (χ3v) is 3.01. The maximum atomic E-state index is 11.8. The van der Waals surface area contributed by atoms with Crippen LogP contribution in [0.1, 0.15) is 23.2 Å². The molecule has 0 fully saturated rings. The van der Waals surface area contributed by atoms with Crippen molar-refractivity contribution in [3.63, 3.8) is 0 Å². The molecule has 3 N–H and O–H groups in total. The molecule has 0 unspecified atom stereocenters. The summed E-state index contributed by atoms with van der Waals surface area (Å²) in [7, 11) is 1.85. The largest absolute Gasteiger partial charge is 0.354 e. The van der Waals surface area contributed by atoms with E-state index in [2.05, 4.69) is 16.0 Å². The first-order chi connectivity index (χ1) is 9.65. The van der Waals surface area contributed by atoms with Crippen molar-refractivity contribution in [2.45, 2.75) is 12.8 Å². The first kappa shape index (κ1) is 19.7. The van der Waals surface area contributed by atoms with Crippen LogP contribution in [0.4, 0.5) is 0 Å². The molecular formula is C14H21Cl2N3O2. The average molecular weight is 334 g/mol. The molecule has 0 radical (unpaired) electrons. The number of nitrogens with one attached hydrogen (secondary N) is 3. The molecule has 2 amide bonds. The number of rotatable bonds is 8. The number of benzene rings is 1. The van der Waals surface area contributed by atoms with Crippen LogP contribution in [0.3, 0.4) is 0 Å². The molecule has 0 saturated carbocycles. The number of carbonyl (C=O) groups is 2. The highest BCUT2D eigenvalue weighted by Crippen LogP contribution is 2.14. The second-order valence-corrected chi connectivity index (χ2v) is 4.70. The third-order valence-electron chi connectivity index (χ3n) is 2.68. The van der Waals surface area contributed by atoms with Crippen molar-refractivity contribution in [2.75, 3.05) is 26.7 Å². The van der Waals surface area contributed by atoms with E-state index in [1.807, 2.05) is 7.05 Å². The van der Waals surface area contributed by atoms with Crippen LogP contribution in [-0.4, -0.2) is 38.5 Å². The van der Waals surface area contributed by atoms with Crippen LogP contribution in [0.5, 0.6) is 0 Å². The van der Waals surface area contributed by atoms with Gasteiger partial charge in [-0.1, -0.05) is 23.7 Å². The summed E-state index contributed by atoms with van der Waals surface area (Å²) in [5.74, 6) is -0.243. The van der Waals surface area contributed by atoms with Gasteiger partial charge in [-0.05, 0) is 32.1 Å². The maximum Gasteiger partial charge on any atom is 0.252 e. The van der Waals surface area contributed by atoms with Crippen molar-refractivity contribution in [1.29, 1.82) is 0 Å². The number of amides is 2. The highest BCUT2D eigenvalue weighted by Gasteiger charge is 2.08. The molecule has 21 heavy (non-hydrogen) atoms. The summed E-state index contributed by atoms with van der Waals surface area (Å²) in [6, 6.07) is 6.85. The Morgan fingerprint density at radius 1 is 1.10 bits per heavy atom. The highest BCUT2D eigenvalue weighted by molar-refractivity contribution is 6.33. The predicted octanol–water partition coefficient (Wildman–Crippen LogP) is 1.61. The minimum absolute atomic E-state index is 0. The molecule has 0 heterocycles. The van der Waals surface area contributed by atoms with Gasteiger partial charge in [0.25, 0.3) is 5.91 Å². The standard InChI is InChI=1S/C14H20ClN3O2.ClH/c1-16-8-4-7-13(19)17-9-10-18-14(20)11-5-2-3-6-12(11)15;/h2-3,5-6,16H,4,7-10H2,1H3,(H,17,19)(H,18,20);1H. The average Bonchev–Trinajstić information content (AvgIpc) is 2.44. The second kappa shape index (κ2) is 11.4. The lowest BCUT2D eigenvalue weighted by atomic mass is 10.2. The Morgan fingerprint density at radius 3 is 2.43 bits per heavy atom. The zero-order chi connectivity index (χ0) is 14.8. The fourth-order valence-electron chi connectivity index (χ4n) is 1.63. The van der Waals surface area contributed by atoms with Gasteiger partial charge in [0.05, 0.1) is 10.6 Å². The Hall–Kier alpha value is -1.30. The van der Waals surface area contributed by atoms with Gasteiger partial charge in [0, 0.05) is 19.5 Å². The van der Waals surface area contributed by atoms with E-state index in [0.717, 1.165) is 13.0 Å². The van der Waals surface area contributed by atoms with Gasteiger partial charge in [-0.15, -0.1) is 12.4 Å². The van der Waals surface area contributed by atoms with E-state index < -0.39 is 0 Å². The fraction of sp³-hybridized carbons (Fsp3) is 0.429. The Bertz CT molecular complexity index is 456. The van der Waals surface area contributed by atoms with Crippen LogP contribution in [0.15, 0.2) is 24.3 Å². The van der Waals surface area contributed by atoms with E-state index in [1.165, 1.54) is 0 Å². The van der Waals surface area contributed by atoms with Gasteiger partial charge < -0.3 is 16.0 Å². The molecule has 0 aromatic heterocycles. The first-order valence-corrected chi connectivity index (χ1v) is 6.97. The molecule has 5 nitrogen and oxygen atoms in total. The molecule has 0 bridgehead atoms. The Morgan fingerprint density at radius 2 is 1.76 bits per heavy atom. The molecule has 1 aromatic rings. The summed E-state index contributed by atoms with van der Waals surface area (Å²) in [5.41, 5.74) is 0.439. The molecular weight excluding hydrogens is 313 g/mol. The minimum Gasteiger partial charge on any atom is -0.354 e. The fourth-order valence-corrected chi connectivity index (χ4v) is 1.85. The molecule has 0 aliphatic heterocycles. The maximum absolute atomic E-state index is 11.8. The number of hydrogen-bond acceptors (Lipinski definition) is 3. The highest BCUT2D eigenvalue weighted by atomic mass is 35.5. The van der Waals surface area contributed by atoms with Crippen LogP contribution in [-0.2, 0) is 4.79 Å². The second-order valence-electron chi connectivity index (χ2n) is 4.29. The zero-order valence-corrected chi connectivity index (χ0v) is 13.5. The summed E-state index contributed by atoms with van der Waals surface area (Å²) in [6.45, 7) is 1.60. The number of carbonyl (C=O) groups excluding carboxylic acids is 2. The lowest BCUT2D eigenvalue weighted by Gasteiger charge is -2.08. The van der Waals surface area contributed by atoms with Gasteiger partial charge in [0.15, 0.2) is 0 Å². The Labute approximate surface area is 136 Å². The van der Waals surface area contributed by atoms with Gasteiger partial charge >= 0.3 is 0 Å². The molecule has 0 saturated heterocycles. The van der Waals surface area contributed by atoms with E-state index in [1.54, 1.807) is 24.3 Å². The van der Waals surface area contributed by atoms with Crippen molar-refractivity contribution in [1.82, 2.24) is 16.0 Å². The number of halogens is 2. The smallest absolute Gasteiger partial charge is 0.252 e. The van der Waals surface area contributed by atoms with Crippen molar-refractivity contribution >= 4 is 35.8 Å². The molecule has 0 atom stereocenters. The van der Waals surface area contributed by atoms with E-state index >= 15 is 0 Å². The lowest BCUT2D eigenvalue weighted by Crippen LogP contribution is -2.34. The summed E-state index contributed by atoms with van der Waals surface area (Å²) < 4.78 is 0. The van der Waals surface area contributed by atoms with E-state index in [9.17, 15) is 9.59 Å². The Kier molecular flexibility index (Phi) is 10.7. The van der Waals surface area contributed by atoms with Crippen molar-refractivity contribution in [3.05, 3.63) is 34.9 Å². The summed E-state index contributed by atoms with van der Waals surface area (Å²) >= 11 is 5.92. The van der Waals surface area contributed by atoms with Crippen LogP contribution < -0.4 is 16.0 Å². The van der Waals surface area contributed by atoms with Gasteiger partial charge in [0.2, 0.25) is 5.91 Å². The third kappa shape index (κ3) is 7.90. The Balaban J connectivity index is 0.00000400. The number of hydrogen-bond donors (Lipinski definition) is 3. The quantitative estimate of drug-likeness (QED) is 0.633. The molecule has 7 heteroatoms. The topological polar surface area (TPSA) is 70.2 Å².